The number of amides is 2. The van der Waals surface area contributed by atoms with Crippen LogP contribution in [-0.2, 0) is 16.1 Å². The lowest BCUT2D eigenvalue weighted by Gasteiger charge is -2.33. The maximum Gasteiger partial charge on any atom is 0.410 e. The fourth-order valence-electron chi connectivity index (χ4n) is 3.84. The lowest BCUT2D eigenvalue weighted by molar-refractivity contribution is -0.133. The van der Waals surface area contributed by atoms with Crippen LogP contribution in [0.3, 0.4) is 0 Å². The van der Waals surface area contributed by atoms with Gasteiger partial charge < -0.3 is 14.2 Å². The molecule has 4 rings (SSSR count). The highest BCUT2D eigenvalue weighted by atomic mass is 16.6. The molecule has 0 spiro atoms. The molecule has 1 atom stereocenters. The number of benzene rings is 1. The van der Waals surface area contributed by atoms with Gasteiger partial charge in [-0.15, -0.1) is 0 Å². The third kappa shape index (κ3) is 3.97. The summed E-state index contributed by atoms with van der Waals surface area (Å²) in [5.41, 5.74) is 1.23. The highest BCUT2D eigenvalue weighted by Gasteiger charge is 2.30. The Labute approximate surface area is 158 Å². The third-order valence-electron chi connectivity index (χ3n) is 5.25. The van der Waals surface area contributed by atoms with Crippen molar-refractivity contribution in [3.63, 3.8) is 0 Å². The molecule has 3 heterocycles. The Balaban J connectivity index is 1.42. The van der Waals surface area contributed by atoms with Crippen LogP contribution in [0.1, 0.15) is 30.1 Å². The molecule has 142 valence electrons. The van der Waals surface area contributed by atoms with Crippen molar-refractivity contribution >= 4 is 12.0 Å². The van der Waals surface area contributed by atoms with Crippen LogP contribution in [0.2, 0.25) is 0 Å². The van der Waals surface area contributed by atoms with E-state index in [1.807, 2.05) is 35.5 Å². The van der Waals surface area contributed by atoms with Gasteiger partial charge in [-0.25, -0.2) is 9.78 Å². The highest BCUT2D eigenvalue weighted by Crippen LogP contribution is 2.26. The van der Waals surface area contributed by atoms with Gasteiger partial charge in [0.1, 0.15) is 19.0 Å². The first kappa shape index (κ1) is 17.6. The number of piperidine rings is 1. The first-order chi connectivity index (χ1) is 13.2. The summed E-state index contributed by atoms with van der Waals surface area (Å²) in [6.45, 7) is 3.12. The molecule has 27 heavy (non-hydrogen) atoms. The van der Waals surface area contributed by atoms with Crippen molar-refractivity contribution in [1.82, 2.24) is 19.4 Å². The number of carbonyl (C=O) groups is 2. The quantitative estimate of drug-likeness (QED) is 0.810. The summed E-state index contributed by atoms with van der Waals surface area (Å²) in [7, 11) is 0. The number of imidazole rings is 1. The molecular weight excluding hydrogens is 344 g/mol. The van der Waals surface area contributed by atoms with Gasteiger partial charge in [0.25, 0.3) is 0 Å². The molecule has 2 aromatic rings. The second kappa shape index (κ2) is 7.82. The number of hydrogen-bond donors (Lipinski definition) is 0. The summed E-state index contributed by atoms with van der Waals surface area (Å²) in [6.07, 6.45) is 5.40. The van der Waals surface area contributed by atoms with Gasteiger partial charge in [-0.1, -0.05) is 30.3 Å². The standard InChI is InChI=1S/C20H24N4O3/c25-18(15-24-11-12-27-20(24)26)22-9-4-7-17(14-22)19-21-8-10-23(19)13-16-5-2-1-3-6-16/h1-3,5-6,8,10,17H,4,7,9,11-15H2/t17-/m1/s1. The van der Waals surface area contributed by atoms with E-state index in [4.69, 9.17) is 4.74 Å². The number of likely N-dealkylation sites (tertiary alicyclic amines) is 1. The minimum atomic E-state index is -0.393. The van der Waals surface area contributed by atoms with E-state index in [0.717, 1.165) is 31.8 Å². The van der Waals surface area contributed by atoms with Crippen LogP contribution in [0.5, 0.6) is 0 Å². The summed E-state index contributed by atoms with van der Waals surface area (Å²) in [5.74, 6) is 1.23. The van der Waals surface area contributed by atoms with Gasteiger partial charge in [0.15, 0.2) is 0 Å². The zero-order valence-electron chi connectivity index (χ0n) is 15.3. The molecule has 7 nitrogen and oxygen atoms in total. The molecule has 2 aliphatic heterocycles. The van der Waals surface area contributed by atoms with Crippen molar-refractivity contribution < 1.29 is 14.3 Å². The molecule has 7 heteroatoms. The number of nitrogens with zero attached hydrogens (tertiary/aromatic N) is 4. The first-order valence-corrected chi connectivity index (χ1v) is 9.45. The van der Waals surface area contributed by atoms with Crippen LogP contribution in [0.15, 0.2) is 42.7 Å². The van der Waals surface area contributed by atoms with Crippen LogP contribution >= 0.6 is 0 Å². The van der Waals surface area contributed by atoms with Gasteiger partial charge in [-0.05, 0) is 18.4 Å². The van der Waals surface area contributed by atoms with E-state index in [2.05, 4.69) is 21.7 Å². The summed E-state index contributed by atoms with van der Waals surface area (Å²) in [6, 6.07) is 10.3. The summed E-state index contributed by atoms with van der Waals surface area (Å²) >= 11 is 0. The van der Waals surface area contributed by atoms with Crippen LogP contribution in [0.4, 0.5) is 4.79 Å². The molecule has 1 aromatic heterocycles. The molecule has 2 amide bonds. The number of rotatable bonds is 5. The van der Waals surface area contributed by atoms with Gasteiger partial charge in [0, 0.05) is 37.9 Å². The highest BCUT2D eigenvalue weighted by molar-refractivity contribution is 5.83. The van der Waals surface area contributed by atoms with Crippen molar-refractivity contribution in [2.45, 2.75) is 25.3 Å². The van der Waals surface area contributed by atoms with Crippen LogP contribution < -0.4 is 0 Å². The Hall–Kier alpha value is -2.83. The van der Waals surface area contributed by atoms with E-state index in [9.17, 15) is 9.59 Å². The van der Waals surface area contributed by atoms with Gasteiger partial charge in [0.05, 0.1) is 6.54 Å². The predicted octanol–water partition coefficient (Wildman–Crippen LogP) is 2.09. The minimum absolute atomic E-state index is 0.0142. The van der Waals surface area contributed by atoms with Gasteiger partial charge in [-0.3, -0.25) is 9.69 Å². The van der Waals surface area contributed by atoms with Crippen LogP contribution in [0.25, 0.3) is 0 Å². The number of ether oxygens (including phenoxy) is 1. The van der Waals surface area contributed by atoms with Crippen molar-refractivity contribution in [3.05, 3.63) is 54.1 Å². The topological polar surface area (TPSA) is 67.7 Å². The smallest absolute Gasteiger partial charge is 0.410 e. The molecule has 2 aliphatic rings. The molecule has 0 aliphatic carbocycles. The number of hydrogen-bond acceptors (Lipinski definition) is 4. The maximum absolute atomic E-state index is 12.6. The summed E-state index contributed by atoms with van der Waals surface area (Å²) in [5, 5.41) is 0. The molecule has 2 fully saturated rings. The van der Waals surface area contributed by atoms with E-state index in [0.29, 0.717) is 19.7 Å². The van der Waals surface area contributed by atoms with Crippen molar-refractivity contribution in [2.24, 2.45) is 0 Å². The second-order valence-corrected chi connectivity index (χ2v) is 7.11. The average molecular weight is 368 g/mol. The molecule has 2 saturated heterocycles. The molecular formula is C20H24N4O3. The molecule has 0 N–H and O–H groups in total. The molecule has 0 unspecified atom stereocenters. The molecule has 1 aromatic carbocycles. The Morgan fingerprint density at radius 2 is 2.07 bits per heavy atom. The molecule has 0 saturated carbocycles. The van der Waals surface area contributed by atoms with E-state index in [1.165, 1.54) is 10.5 Å². The normalized spacial score (nSPS) is 20.0. The van der Waals surface area contributed by atoms with E-state index in [1.54, 1.807) is 0 Å². The Morgan fingerprint density at radius 1 is 1.22 bits per heavy atom. The Kier molecular flexibility index (Phi) is 5.09. The van der Waals surface area contributed by atoms with Gasteiger partial charge in [-0.2, -0.15) is 0 Å². The van der Waals surface area contributed by atoms with Crippen molar-refractivity contribution in [3.8, 4) is 0 Å². The SMILES string of the molecule is O=C(CN1CCOC1=O)N1CCC[C@@H](c2nccn2Cc2ccccc2)C1. The second-order valence-electron chi connectivity index (χ2n) is 7.11. The van der Waals surface area contributed by atoms with Gasteiger partial charge >= 0.3 is 6.09 Å². The van der Waals surface area contributed by atoms with Crippen LogP contribution in [0, 0.1) is 0 Å². The van der Waals surface area contributed by atoms with Gasteiger partial charge in [0.2, 0.25) is 5.91 Å². The fourth-order valence-corrected chi connectivity index (χ4v) is 3.84. The lowest BCUT2D eigenvalue weighted by Crippen LogP contribution is -2.45. The number of carbonyl (C=O) groups excluding carboxylic acids is 2. The largest absolute Gasteiger partial charge is 0.448 e. The lowest BCUT2D eigenvalue weighted by atomic mass is 9.97. The monoisotopic (exact) mass is 368 g/mol. The Morgan fingerprint density at radius 3 is 2.85 bits per heavy atom. The Bertz CT molecular complexity index is 805. The molecule has 0 bridgehead atoms. The zero-order valence-corrected chi connectivity index (χ0v) is 15.3. The summed E-state index contributed by atoms with van der Waals surface area (Å²) < 4.78 is 7.08. The summed E-state index contributed by atoms with van der Waals surface area (Å²) in [4.78, 5) is 32.1. The van der Waals surface area contributed by atoms with Crippen molar-refractivity contribution in [1.29, 1.82) is 0 Å². The third-order valence-corrected chi connectivity index (χ3v) is 5.25. The first-order valence-electron chi connectivity index (χ1n) is 9.45. The van der Waals surface area contributed by atoms with E-state index in [-0.39, 0.29) is 18.4 Å². The minimum Gasteiger partial charge on any atom is -0.448 e. The fraction of sp³-hybridized carbons (Fsp3) is 0.450. The molecule has 0 radical (unpaired) electrons. The maximum atomic E-state index is 12.6. The zero-order chi connectivity index (χ0) is 18.6. The van der Waals surface area contributed by atoms with E-state index >= 15 is 0 Å². The average Bonchev–Trinajstić information content (AvgIpc) is 3.32. The number of aromatic nitrogens is 2. The van der Waals surface area contributed by atoms with E-state index < -0.39 is 6.09 Å². The van der Waals surface area contributed by atoms with Crippen LogP contribution in [-0.4, -0.2) is 64.1 Å². The predicted molar refractivity (Wildman–Crippen MR) is 99.2 cm³/mol. The number of cyclic esters (lactones) is 1. The van der Waals surface area contributed by atoms with Crippen molar-refractivity contribution in [2.75, 3.05) is 32.8 Å².